The van der Waals surface area contributed by atoms with Gasteiger partial charge in [0.1, 0.15) is 0 Å². The first-order valence-corrected chi connectivity index (χ1v) is 5.92. The van der Waals surface area contributed by atoms with Crippen molar-refractivity contribution in [3.05, 3.63) is 16.4 Å². The van der Waals surface area contributed by atoms with Gasteiger partial charge in [-0.2, -0.15) is 5.10 Å². The lowest BCUT2D eigenvalue weighted by Crippen LogP contribution is -2.30. The van der Waals surface area contributed by atoms with Crippen molar-refractivity contribution in [2.24, 2.45) is 0 Å². The molecule has 1 N–H and O–H groups in total. The van der Waals surface area contributed by atoms with Crippen molar-refractivity contribution in [3.63, 3.8) is 0 Å². The molecule has 1 heterocycles. The Morgan fingerprint density at radius 1 is 1.56 bits per heavy atom. The van der Waals surface area contributed by atoms with Crippen LogP contribution in [0.15, 0.2) is 0 Å². The molecule has 92 valence electrons. The van der Waals surface area contributed by atoms with Crippen LogP contribution in [0.3, 0.4) is 0 Å². The van der Waals surface area contributed by atoms with Crippen LogP contribution >= 0.6 is 11.6 Å². The molecule has 1 unspecified atom stereocenters. The first kappa shape index (κ1) is 13.5. The molecule has 1 aromatic rings. The lowest BCUT2D eigenvalue weighted by molar-refractivity contribution is 0.171. The van der Waals surface area contributed by atoms with E-state index in [-0.39, 0.29) is 0 Å². The van der Waals surface area contributed by atoms with Crippen LogP contribution in [-0.4, -0.2) is 29.5 Å². The molecule has 4 nitrogen and oxygen atoms in total. The summed E-state index contributed by atoms with van der Waals surface area (Å²) < 4.78 is 7.00. The second-order valence-electron chi connectivity index (χ2n) is 3.90. The maximum atomic E-state index is 6.20. The Kier molecular flexibility index (Phi) is 5.25. The zero-order valence-electron chi connectivity index (χ0n) is 10.4. The number of aryl methyl sites for hydroxylation is 2. The maximum absolute atomic E-state index is 6.20. The molecule has 16 heavy (non-hydrogen) atoms. The Morgan fingerprint density at radius 3 is 2.81 bits per heavy atom. The molecule has 0 amide bonds. The Hall–Kier alpha value is -0.580. The fourth-order valence-corrected chi connectivity index (χ4v) is 1.82. The van der Waals surface area contributed by atoms with Crippen molar-refractivity contribution in [2.75, 3.05) is 13.7 Å². The van der Waals surface area contributed by atoms with Gasteiger partial charge in [-0.3, -0.25) is 4.68 Å². The molecule has 0 aliphatic heterocycles. The van der Waals surface area contributed by atoms with E-state index in [1.165, 1.54) is 0 Å². The van der Waals surface area contributed by atoms with Crippen LogP contribution < -0.4 is 5.32 Å². The Bertz CT molecular complexity index is 338. The van der Waals surface area contributed by atoms with E-state index in [9.17, 15) is 0 Å². The largest absolute Gasteiger partial charge is 0.383 e. The van der Waals surface area contributed by atoms with Gasteiger partial charge in [0.05, 0.1) is 23.0 Å². The number of rotatable bonds is 6. The summed E-state index contributed by atoms with van der Waals surface area (Å²) in [5.74, 6) is 0. The Morgan fingerprint density at radius 2 is 2.25 bits per heavy atom. The summed E-state index contributed by atoms with van der Waals surface area (Å²) in [5, 5.41) is 8.49. The van der Waals surface area contributed by atoms with Gasteiger partial charge >= 0.3 is 0 Å². The fraction of sp³-hybridized carbons (Fsp3) is 0.727. The minimum Gasteiger partial charge on any atom is -0.383 e. The summed E-state index contributed by atoms with van der Waals surface area (Å²) in [5.41, 5.74) is 1.93. The van der Waals surface area contributed by atoms with Gasteiger partial charge in [-0.1, -0.05) is 11.6 Å². The maximum Gasteiger partial charge on any atom is 0.0860 e. The van der Waals surface area contributed by atoms with Gasteiger partial charge in [-0.25, -0.2) is 0 Å². The molecule has 1 aromatic heterocycles. The fourth-order valence-electron chi connectivity index (χ4n) is 1.62. The lowest BCUT2D eigenvalue weighted by Gasteiger charge is -2.13. The third-order valence-electron chi connectivity index (χ3n) is 2.49. The normalized spacial score (nSPS) is 13.1. The van der Waals surface area contributed by atoms with Gasteiger partial charge in [0.2, 0.25) is 0 Å². The average molecular weight is 246 g/mol. The molecule has 0 bridgehead atoms. The van der Waals surface area contributed by atoms with Gasteiger partial charge in [0.15, 0.2) is 0 Å². The molecule has 0 aliphatic rings. The van der Waals surface area contributed by atoms with Gasteiger partial charge in [0.25, 0.3) is 0 Å². The van der Waals surface area contributed by atoms with Crippen LogP contribution in [0.1, 0.15) is 25.2 Å². The highest BCUT2D eigenvalue weighted by molar-refractivity contribution is 6.31. The van der Waals surface area contributed by atoms with E-state index < -0.39 is 0 Å². The lowest BCUT2D eigenvalue weighted by atomic mass is 10.3. The highest BCUT2D eigenvalue weighted by atomic mass is 35.5. The van der Waals surface area contributed by atoms with Crippen LogP contribution in [0.5, 0.6) is 0 Å². The molecule has 0 radical (unpaired) electrons. The molecule has 5 heteroatoms. The van der Waals surface area contributed by atoms with Crippen molar-refractivity contribution < 1.29 is 4.74 Å². The molecule has 0 fully saturated rings. The quantitative estimate of drug-likeness (QED) is 0.833. The number of nitrogens with one attached hydrogen (secondary N) is 1. The highest BCUT2D eigenvalue weighted by Gasteiger charge is 2.12. The highest BCUT2D eigenvalue weighted by Crippen LogP contribution is 2.19. The van der Waals surface area contributed by atoms with Crippen molar-refractivity contribution in [1.82, 2.24) is 15.1 Å². The SMILES string of the molecule is CCn1nc(C)c(Cl)c1CNC(C)COC. The topological polar surface area (TPSA) is 39.1 Å². The van der Waals surface area contributed by atoms with Crippen LogP contribution in [0, 0.1) is 6.92 Å². The smallest absolute Gasteiger partial charge is 0.0860 e. The summed E-state index contributed by atoms with van der Waals surface area (Å²) >= 11 is 6.20. The zero-order valence-corrected chi connectivity index (χ0v) is 11.1. The number of aromatic nitrogens is 2. The van der Waals surface area contributed by atoms with E-state index in [4.69, 9.17) is 16.3 Å². The van der Waals surface area contributed by atoms with Crippen LogP contribution in [0.2, 0.25) is 5.02 Å². The van der Waals surface area contributed by atoms with E-state index in [0.717, 1.165) is 29.5 Å². The number of ether oxygens (including phenoxy) is 1. The molecular weight excluding hydrogens is 226 g/mol. The van der Waals surface area contributed by atoms with Crippen molar-refractivity contribution >= 4 is 11.6 Å². The molecule has 1 rings (SSSR count). The summed E-state index contributed by atoms with van der Waals surface area (Å²) in [4.78, 5) is 0. The number of methoxy groups -OCH3 is 1. The number of hydrogen-bond acceptors (Lipinski definition) is 3. The van der Waals surface area contributed by atoms with Gasteiger partial charge < -0.3 is 10.1 Å². The molecule has 0 aromatic carbocycles. The molecule has 0 aliphatic carbocycles. The van der Waals surface area contributed by atoms with Gasteiger partial charge in [0, 0.05) is 26.2 Å². The van der Waals surface area contributed by atoms with Gasteiger partial charge in [-0.05, 0) is 20.8 Å². The zero-order chi connectivity index (χ0) is 12.1. The predicted molar refractivity (Wildman–Crippen MR) is 65.8 cm³/mol. The molecule has 1 atom stereocenters. The van der Waals surface area contributed by atoms with Crippen LogP contribution in [0.4, 0.5) is 0 Å². The third kappa shape index (κ3) is 3.20. The van der Waals surface area contributed by atoms with Crippen molar-refractivity contribution in [3.8, 4) is 0 Å². The number of hydrogen-bond donors (Lipinski definition) is 1. The second-order valence-corrected chi connectivity index (χ2v) is 4.28. The first-order valence-electron chi connectivity index (χ1n) is 5.54. The van der Waals surface area contributed by atoms with E-state index in [1.54, 1.807) is 7.11 Å². The summed E-state index contributed by atoms with van der Waals surface area (Å²) in [6.45, 7) is 8.32. The van der Waals surface area contributed by atoms with Gasteiger partial charge in [-0.15, -0.1) is 0 Å². The minimum absolute atomic E-state index is 0.307. The standard InChI is InChI=1S/C11H20ClN3O/c1-5-15-10(11(12)9(3)14-15)6-13-8(2)7-16-4/h8,13H,5-7H2,1-4H3. The van der Waals surface area contributed by atoms with E-state index in [0.29, 0.717) is 12.6 Å². The molecular formula is C11H20ClN3O. The van der Waals surface area contributed by atoms with Crippen LogP contribution in [0.25, 0.3) is 0 Å². The summed E-state index contributed by atoms with van der Waals surface area (Å²) in [7, 11) is 1.70. The summed E-state index contributed by atoms with van der Waals surface area (Å²) in [6, 6.07) is 0.307. The summed E-state index contributed by atoms with van der Waals surface area (Å²) in [6.07, 6.45) is 0. The molecule has 0 saturated carbocycles. The van der Waals surface area contributed by atoms with E-state index in [2.05, 4.69) is 24.3 Å². The monoisotopic (exact) mass is 245 g/mol. The van der Waals surface area contributed by atoms with Crippen molar-refractivity contribution in [1.29, 1.82) is 0 Å². The number of halogens is 1. The van der Waals surface area contributed by atoms with Crippen molar-refractivity contribution in [2.45, 2.75) is 39.9 Å². The Labute approximate surface area is 102 Å². The first-order chi connectivity index (χ1) is 7.60. The van der Waals surface area contributed by atoms with E-state index in [1.807, 2.05) is 11.6 Å². The van der Waals surface area contributed by atoms with Crippen LogP contribution in [-0.2, 0) is 17.8 Å². The molecule has 0 saturated heterocycles. The molecule has 0 spiro atoms. The third-order valence-corrected chi connectivity index (χ3v) is 2.98. The average Bonchev–Trinajstić information content (AvgIpc) is 2.53. The second kappa shape index (κ2) is 6.23. The van der Waals surface area contributed by atoms with E-state index >= 15 is 0 Å². The number of nitrogens with zero attached hydrogens (tertiary/aromatic N) is 2. The Balaban J connectivity index is 2.65. The predicted octanol–water partition coefficient (Wildman–Crippen LogP) is 1.99. The minimum atomic E-state index is 0.307.